The summed E-state index contributed by atoms with van der Waals surface area (Å²) in [5.74, 6) is 0.668. The second kappa shape index (κ2) is 10.9. The summed E-state index contributed by atoms with van der Waals surface area (Å²) in [6, 6.07) is 10.6. The van der Waals surface area contributed by atoms with E-state index in [-0.39, 0.29) is 17.1 Å². The molecule has 0 N–H and O–H groups in total. The minimum absolute atomic E-state index is 0.153. The number of sulfone groups is 1. The molecule has 4 rings (SSSR count). The number of hydrogen-bond acceptors (Lipinski definition) is 5. The minimum atomic E-state index is -3.45. The fourth-order valence-corrected chi connectivity index (χ4v) is 8.59. The zero-order chi connectivity index (χ0) is 27.1. The van der Waals surface area contributed by atoms with Gasteiger partial charge in [0.05, 0.1) is 15.8 Å². The molecular formula is C31H42N2O2S2. The zero-order valence-electron chi connectivity index (χ0n) is 23.6. The van der Waals surface area contributed by atoms with Gasteiger partial charge in [0.2, 0.25) is 0 Å². The highest BCUT2D eigenvalue weighted by Gasteiger charge is 2.36. The van der Waals surface area contributed by atoms with Crippen molar-refractivity contribution in [1.82, 2.24) is 4.98 Å². The Morgan fingerprint density at radius 2 is 1.51 bits per heavy atom. The summed E-state index contributed by atoms with van der Waals surface area (Å²) < 4.78 is 28.4. The summed E-state index contributed by atoms with van der Waals surface area (Å²) in [6.07, 6.45) is 1.25. The Hall–Kier alpha value is -2.18. The SMILES string of the molecule is Cc1cccc(-c2csc(N3CCC(S(=O)(=O)c4c(C(C)C)cc(C(C)C)cc4C(C)C)CC3)n2)c1C. The molecule has 1 saturated heterocycles. The van der Waals surface area contributed by atoms with Crippen LogP contribution in [0.2, 0.25) is 0 Å². The number of benzene rings is 2. The van der Waals surface area contributed by atoms with Crippen LogP contribution in [-0.4, -0.2) is 31.7 Å². The predicted octanol–water partition coefficient (Wildman–Crippen LogP) is 8.24. The maximum absolute atomic E-state index is 14.2. The molecule has 200 valence electrons. The minimum Gasteiger partial charge on any atom is -0.348 e. The maximum Gasteiger partial charge on any atom is 0.185 e. The van der Waals surface area contributed by atoms with E-state index < -0.39 is 9.84 Å². The van der Waals surface area contributed by atoms with Crippen LogP contribution in [0.15, 0.2) is 40.6 Å². The van der Waals surface area contributed by atoms with Crippen molar-refractivity contribution in [2.75, 3.05) is 18.0 Å². The van der Waals surface area contributed by atoms with Gasteiger partial charge in [-0.2, -0.15) is 0 Å². The number of rotatable bonds is 7. The quantitative estimate of drug-likeness (QED) is 0.304. The van der Waals surface area contributed by atoms with Crippen molar-refractivity contribution in [2.45, 2.75) is 96.1 Å². The van der Waals surface area contributed by atoms with Crippen LogP contribution in [0, 0.1) is 13.8 Å². The van der Waals surface area contributed by atoms with Crippen LogP contribution in [0.3, 0.4) is 0 Å². The van der Waals surface area contributed by atoms with Gasteiger partial charge in [0.15, 0.2) is 15.0 Å². The first-order valence-corrected chi connectivity index (χ1v) is 16.0. The van der Waals surface area contributed by atoms with E-state index >= 15 is 0 Å². The van der Waals surface area contributed by atoms with Gasteiger partial charge in [0.25, 0.3) is 0 Å². The number of aryl methyl sites for hydroxylation is 1. The summed E-state index contributed by atoms with van der Waals surface area (Å²) in [4.78, 5) is 7.81. The van der Waals surface area contributed by atoms with E-state index in [4.69, 9.17) is 4.98 Å². The number of aromatic nitrogens is 1. The summed E-state index contributed by atoms with van der Waals surface area (Å²) in [7, 11) is -3.45. The van der Waals surface area contributed by atoms with E-state index in [0.717, 1.165) is 22.0 Å². The first kappa shape index (κ1) is 27.8. The normalized spacial score (nSPS) is 15.4. The first-order valence-electron chi connectivity index (χ1n) is 13.6. The average Bonchev–Trinajstić information content (AvgIpc) is 3.35. The predicted molar refractivity (Wildman–Crippen MR) is 158 cm³/mol. The molecule has 0 amide bonds. The van der Waals surface area contributed by atoms with Gasteiger partial charge in [0.1, 0.15) is 0 Å². The van der Waals surface area contributed by atoms with Crippen LogP contribution in [0.25, 0.3) is 11.3 Å². The van der Waals surface area contributed by atoms with Crippen LogP contribution in [0.5, 0.6) is 0 Å². The van der Waals surface area contributed by atoms with Gasteiger partial charge in [-0.15, -0.1) is 11.3 Å². The Balaban J connectivity index is 1.59. The maximum atomic E-state index is 14.2. The van der Waals surface area contributed by atoms with E-state index in [0.29, 0.717) is 36.7 Å². The Labute approximate surface area is 228 Å². The molecule has 6 heteroatoms. The van der Waals surface area contributed by atoms with Gasteiger partial charge in [-0.3, -0.25) is 0 Å². The number of hydrogen-bond donors (Lipinski definition) is 0. The summed E-state index contributed by atoms with van der Waals surface area (Å²) in [6.45, 7) is 18.5. The van der Waals surface area contributed by atoms with Crippen molar-refractivity contribution in [3.63, 3.8) is 0 Å². The Morgan fingerprint density at radius 1 is 0.919 bits per heavy atom. The summed E-state index contributed by atoms with van der Waals surface area (Å²) in [5, 5.41) is 2.75. The van der Waals surface area contributed by atoms with E-state index in [1.807, 2.05) is 0 Å². The molecule has 1 fully saturated rings. The summed E-state index contributed by atoms with van der Waals surface area (Å²) >= 11 is 1.65. The smallest absolute Gasteiger partial charge is 0.185 e. The molecule has 37 heavy (non-hydrogen) atoms. The topological polar surface area (TPSA) is 50.3 Å². The Bertz CT molecular complexity index is 1330. The van der Waals surface area contributed by atoms with Gasteiger partial charge >= 0.3 is 0 Å². The van der Waals surface area contributed by atoms with Gasteiger partial charge in [-0.05, 0) is 72.3 Å². The molecule has 3 aromatic rings. The molecule has 4 nitrogen and oxygen atoms in total. The number of anilines is 1. The fourth-order valence-electron chi connectivity index (χ4n) is 5.30. The van der Waals surface area contributed by atoms with Crippen LogP contribution in [0.1, 0.15) is 100.0 Å². The van der Waals surface area contributed by atoms with Gasteiger partial charge in [-0.25, -0.2) is 13.4 Å². The third-order valence-corrected chi connectivity index (χ3v) is 11.2. The molecule has 0 aliphatic carbocycles. The highest BCUT2D eigenvalue weighted by atomic mass is 32.2. The molecular weight excluding hydrogens is 496 g/mol. The first-order chi connectivity index (χ1) is 17.4. The van der Waals surface area contributed by atoms with E-state index in [2.05, 4.69) is 96.0 Å². The standard InChI is InChI=1S/C31H42N2O2S2/c1-19(2)24-16-27(20(3)4)30(28(17-24)21(5)6)37(34,35)25-12-14-33(15-13-25)31-32-29(18-36-31)26-11-9-10-22(7)23(26)8/h9-11,16-21,25H,12-15H2,1-8H3. The Morgan fingerprint density at radius 3 is 2.05 bits per heavy atom. The molecule has 2 heterocycles. The number of piperidine rings is 1. The van der Waals surface area contributed by atoms with Crippen molar-refractivity contribution < 1.29 is 8.42 Å². The molecule has 1 aliphatic heterocycles. The van der Waals surface area contributed by atoms with E-state index in [1.165, 1.54) is 22.3 Å². The number of thiazole rings is 1. The lowest BCUT2D eigenvalue weighted by Crippen LogP contribution is -2.39. The molecule has 2 aromatic carbocycles. The lowest BCUT2D eigenvalue weighted by Gasteiger charge is -2.33. The number of nitrogens with zero attached hydrogens (tertiary/aromatic N) is 2. The molecule has 0 atom stereocenters. The van der Waals surface area contributed by atoms with E-state index in [9.17, 15) is 8.42 Å². The van der Waals surface area contributed by atoms with Gasteiger partial charge < -0.3 is 4.90 Å². The van der Waals surface area contributed by atoms with Crippen molar-refractivity contribution in [2.24, 2.45) is 0 Å². The van der Waals surface area contributed by atoms with Gasteiger partial charge in [0, 0.05) is 24.0 Å². The van der Waals surface area contributed by atoms with Crippen molar-refractivity contribution in [1.29, 1.82) is 0 Å². The third-order valence-electron chi connectivity index (χ3n) is 7.89. The third kappa shape index (κ3) is 5.51. The van der Waals surface area contributed by atoms with Crippen molar-refractivity contribution >= 4 is 26.3 Å². The zero-order valence-corrected chi connectivity index (χ0v) is 25.3. The van der Waals surface area contributed by atoms with Crippen LogP contribution < -0.4 is 4.90 Å². The lowest BCUT2D eigenvalue weighted by molar-refractivity contribution is 0.526. The highest BCUT2D eigenvalue weighted by molar-refractivity contribution is 7.92. The lowest BCUT2D eigenvalue weighted by atomic mass is 9.89. The van der Waals surface area contributed by atoms with Crippen molar-refractivity contribution in [3.8, 4) is 11.3 Å². The molecule has 0 unspecified atom stereocenters. The second-order valence-corrected chi connectivity index (χ2v) is 14.5. The Kier molecular flexibility index (Phi) is 8.20. The summed E-state index contributed by atoms with van der Waals surface area (Å²) in [5.41, 5.74) is 7.89. The molecule has 0 radical (unpaired) electrons. The fraction of sp³-hybridized carbons (Fsp3) is 0.516. The monoisotopic (exact) mass is 538 g/mol. The van der Waals surface area contributed by atoms with Crippen LogP contribution in [0.4, 0.5) is 5.13 Å². The molecule has 0 bridgehead atoms. The average molecular weight is 539 g/mol. The van der Waals surface area contributed by atoms with Crippen LogP contribution in [-0.2, 0) is 9.84 Å². The molecule has 1 aliphatic rings. The van der Waals surface area contributed by atoms with Crippen molar-refractivity contribution in [3.05, 3.63) is 63.5 Å². The van der Waals surface area contributed by atoms with Crippen LogP contribution >= 0.6 is 11.3 Å². The highest BCUT2D eigenvalue weighted by Crippen LogP contribution is 2.39. The second-order valence-electron chi connectivity index (χ2n) is 11.5. The molecule has 0 spiro atoms. The largest absolute Gasteiger partial charge is 0.348 e. The molecule has 1 aromatic heterocycles. The van der Waals surface area contributed by atoms with Gasteiger partial charge in [-0.1, -0.05) is 71.9 Å². The van der Waals surface area contributed by atoms with E-state index in [1.54, 1.807) is 11.3 Å². The molecule has 0 saturated carbocycles.